The number of hydrogen-bond donors (Lipinski definition) is 0. The predicted octanol–water partition coefficient (Wildman–Crippen LogP) is 4.89. The van der Waals surface area contributed by atoms with Crippen molar-refractivity contribution in [3.63, 3.8) is 0 Å². The molecule has 0 aliphatic heterocycles. The minimum Gasteiger partial charge on any atom is -0.303 e. The number of carbonyl (C=O) groups excluding carboxylic acids is 2. The van der Waals surface area contributed by atoms with Crippen LogP contribution < -0.4 is 0 Å². The van der Waals surface area contributed by atoms with Crippen molar-refractivity contribution < 1.29 is 9.59 Å². The first-order valence-electron chi connectivity index (χ1n) is 8.60. The maximum absolute atomic E-state index is 11.1. The van der Waals surface area contributed by atoms with Gasteiger partial charge in [-0.2, -0.15) is 0 Å². The molecule has 2 saturated carbocycles. The molecular formula is C20H30O2. The maximum Gasteiger partial charge on any atom is 0.146 e. The molecule has 0 heterocycles. The van der Waals surface area contributed by atoms with Gasteiger partial charge in [0.15, 0.2) is 0 Å². The predicted molar refractivity (Wildman–Crippen MR) is 90.5 cm³/mol. The van der Waals surface area contributed by atoms with Crippen molar-refractivity contribution in [3.05, 3.63) is 23.8 Å². The Morgan fingerprint density at radius 2 is 2.00 bits per heavy atom. The van der Waals surface area contributed by atoms with Crippen molar-refractivity contribution in [2.24, 2.45) is 22.7 Å². The molecule has 0 saturated heterocycles. The van der Waals surface area contributed by atoms with Crippen LogP contribution >= 0.6 is 0 Å². The standard InChI is InChI=1S/C20H30O2/c1-15-6-9-18-19(2,3)11-5-12-20(18,4)17(15)8-7-16(14-22)10-13-21/h7,13-14,17-18H,1,5-6,8-12H2,2-4H3/b16-7+. The fraction of sp³-hybridized carbons (Fsp3) is 0.700. The molecule has 22 heavy (non-hydrogen) atoms. The lowest BCUT2D eigenvalue weighted by atomic mass is 9.47. The summed E-state index contributed by atoms with van der Waals surface area (Å²) in [6, 6.07) is 0. The smallest absolute Gasteiger partial charge is 0.146 e. The van der Waals surface area contributed by atoms with Crippen molar-refractivity contribution in [2.45, 2.75) is 65.7 Å². The van der Waals surface area contributed by atoms with E-state index in [4.69, 9.17) is 0 Å². The van der Waals surface area contributed by atoms with Crippen molar-refractivity contribution in [2.75, 3.05) is 0 Å². The minimum absolute atomic E-state index is 0.230. The summed E-state index contributed by atoms with van der Waals surface area (Å²) in [5.74, 6) is 1.16. The topological polar surface area (TPSA) is 34.1 Å². The average Bonchev–Trinajstić information content (AvgIpc) is 2.44. The largest absolute Gasteiger partial charge is 0.303 e. The highest BCUT2D eigenvalue weighted by Gasteiger charge is 2.52. The van der Waals surface area contributed by atoms with E-state index >= 15 is 0 Å². The summed E-state index contributed by atoms with van der Waals surface area (Å²) in [6.45, 7) is 11.6. The second-order valence-corrected chi connectivity index (χ2v) is 8.15. The Morgan fingerprint density at radius 3 is 2.64 bits per heavy atom. The van der Waals surface area contributed by atoms with Gasteiger partial charge >= 0.3 is 0 Å². The van der Waals surface area contributed by atoms with Gasteiger partial charge in [0, 0.05) is 6.42 Å². The molecule has 2 rings (SSSR count). The van der Waals surface area contributed by atoms with Crippen LogP contribution in [0.25, 0.3) is 0 Å². The first-order valence-corrected chi connectivity index (χ1v) is 8.60. The second-order valence-electron chi connectivity index (χ2n) is 8.15. The van der Waals surface area contributed by atoms with Gasteiger partial charge in [-0.1, -0.05) is 45.4 Å². The van der Waals surface area contributed by atoms with E-state index in [1.54, 1.807) is 0 Å². The molecule has 2 aliphatic rings. The fourth-order valence-electron chi connectivity index (χ4n) is 5.25. The zero-order valence-corrected chi connectivity index (χ0v) is 14.4. The molecule has 0 radical (unpaired) electrons. The highest BCUT2D eigenvalue weighted by molar-refractivity contribution is 5.78. The van der Waals surface area contributed by atoms with E-state index in [9.17, 15) is 9.59 Å². The normalized spacial score (nSPS) is 34.9. The third-order valence-corrected chi connectivity index (χ3v) is 6.41. The molecule has 0 amide bonds. The molecule has 0 bridgehead atoms. The summed E-state index contributed by atoms with van der Waals surface area (Å²) in [6.07, 6.45) is 10.9. The van der Waals surface area contributed by atoms with Crippen LogP contribution in [0.5, 0.6) is 0 Å². The highest BCUT2D eigenvalue weighted by atomic mass is 16.1. The number of allylic oxidation sites excluding steroid dienone is 3. The molecule has 0 N–H and O–H groups in total. The van der Waals surface area contributed by atoms with Gasteiger partial charge < -0.3 is 4.79 Å². The van der Waals surface area contributed by atoms with Crippen molar-refractivity contribution in [1.29, 1.82) is 0 Å². The Labute approximate surface area is 135 Å². The summed E-state index contributed by atoms with van der Waals surface area (Å²) in [7, 11) is 0. The lowest BCUT2D eigenvalue weighted by Gasteiger charge is -2.58. The molecule has 2 heteroatoms. The minimum atomic E-state index is 0.230. The molecule has 0 spiro atoms. The third-order valence-electron chi connectivity index (χ3n) is 6.41. The van der Waals surface area contributed by atoms with Crippen LogP contribution in [0, 0.1) is 22.7 Å². The van der Waals surface area contributed by atoms with Crippen molar-refractivity contribution in [1.82, 2.24) is 0 Å². The lowest BCUT2D eigenvalue weighted by Crippen LogP contribution is -2.49. The molecule has 2 aliphatic carbocycles. The molecular weight excluding hydrogens is 272 g/mol. The van der Waals surface area contributed by atoms with Gasteiger partial charge in [-0.15, -0.1) is 0 Å². The van der Waals surface area contributed by atoms with E-state index in [-0.39, 0.29) is 11.8 Å². The van der Waals surface area contributed by atoms with E-state index in [1.165, 1.54) is 31.3 Å². The van der Waals surface area contributed by atoms with E-state index < -0.39 is 0 Å². The summed E-state index contributed by atoms with van der Waals surface area (Å²) < 4.78 is 0. The highest BCUT2D eigenvalue weighted by Crippen LogP contribution is 2.61. The van der Waals surface area contributed by atoms with Crippen LogP contribution in [0.2, 0.25) is 0 Å². The Balaban J connectivity index is 2.26. The molecule has 2 nitrogen and oxygen atoms in total. The van der Waals surface area contributed by atoms with Crippen LogP contribution in [-0.4, -0.2) is 12.6 Å². The quantitative estimate of drug-likeness (QED) is 0.411. The van der Waals surface area contributed by atoms with Crippen LogP contribution in [0.4, 0.5) is 0 Å². The Morgan fingerprint density at radius 1 is 1.27 bits per heavy atom. The lowest BCUT2D eigenvalue weighted by molar-refractivity contribution is -0.109. The summed E-state index contributed by atoms with van der Waals surface area (Å²) in [5, 5.41) is 0. The average molecular weight is 302 g/mol. The van der Waals surface area contributed by atoms with Gasteiger partial charge in [-0.25, -0.2) is 0 Å². The van der Waals surface area contributed by atoms with E-state index in [1.807, 2.05) is 6.08 Å². The zero-order valence-electron chi connectivity index (χ0n) is 14.4. The van der Waals surface area contributed by atoms with Crippen LogP contribution in [-0.2, 0) is 9.59 Å². The SMILES string of the molecule is C=C1CCC2C(C)(C)CCCC2(C)C1C/C=C(/C=O)CC=O. The summed E-state index contributed by atoms with van der Waals surface area (Å²) in [4.78, 5) is 21.7. The Hall–Kier alpha value is -1.18. The Kier molecular flexibility index (Phi) is 5.09. The first kappa shape index (κ1) is 17.2. The van der Waals surface area contributed by atoms with Gasteiger partial charge in [0.1, 0.15) is 12.6 Å². The van der Waals surface area contributed by atoms with E-state index in [2.05, 4.69) is 27.4 Å². The van der Waals surface area contributed by atoms with E-state index in [0.717, 1.165) is 31.3 Å². The first-order chi connectivity index (χ1) is 10.3. The number of carbonyl (C=O) groups is 2. The number of aldehydes is 2. The van der Waals surface area contributed by atoms with Gasteiger partial charge in [0.05, 0.1) is 0 Å². The molecule has 3 atom stereocenters. The molecule has 3 unspecified atom stereocenters. The maximum atomic E-state index is 11.1. The summed E-state index contributed by atoms with van der Waals surface area (Å²) in [5.41, 5.74) is 2.63. The van der Waals surface area contributed by atoms with Gasteiger partial charge in [-0.05, 0) is 60.3 Å². The molecule has 0 aromatic heterocycles. The summed E-state index contributed by atoms with van der Waals surface area (Å²) >= 11 is 0. The number of rotatable bonds is 5. The Bertz CT molecular complexity index is 486. The number of hydrogen-bond acceptors (Lipinski definition) is 2. The van der Waals surface area contributed by atoms with Gasteiger partial charge in [0.2, 0.25) is 0 Å². The zero-order chi connectivity index (χ0) is 16.4. The monoisotopic (exact) mass is 302 g/mol. The van der Waals surface area contributed by atoms with E-state index in [0.29, 0.717) is 16.9 Å². The molecule has 122 valence electrons. The molecule has 2 fully saturated rings. The van der Waals surface area contributed by atoms with Crippen LogP contribution in [0.15, 0.2) is 23.8 Å². The fourth-order valence-corrected chi connectivity index (χ4v) is 5.25. The molecule has 0 aromatic carbocycles. The molecule has 0 aromatic rings. The second kappa shape index (κ2) is 6.52. The number of fused-ring (bicyclic) bond motifs is 1. The third kappa shape index (κ3) is 3.11. The van der Waals surface area contributed by atoms with Crippen LogP contribution in [0.3, 0.4) is 0 Å². The van der Waals surface area contributed by atoms with Crippen molar-refractivity contribution in [3.8, 4) is 0 Å². The van der Waals surface area contributed by atoms with Gasteiger partial charge in [-0.3, -0.25) is 4.79 Å². The van der Waals surface area contributed by atoms with Gasteiger partial charge in [0.25, 0.3) is 0 Å². The van der Waals surface area contributed by atoms with Crippen molar-refractivity contribution >= 4 is 12.6 Å². The van der Waals surface area contributed by atoms with Crippen LogP contribution in [0.1, 0.15) is 65.7 Å².